The van der Waals surface area contributed by atoms with Crippen LogP contribution in [0.3, 0.4) is 0 Å². The van der Waals surface area contributed by atoms with Crippen LogP contribution in [0.1, 0.15) is 25.0 Å². The fourth-order valence-corrected chi connectivity index (χ4v) is 2.28. The second kappa shape index (κ2) is 6.24. The lowest BCUT2D eigenvalue weighted by atomic mass is 9.95. The highest BCUT2D eigenvalue weighted by atomic mass is 16.7. The van der Waals surface area contributed by atoms with Crippen LogP contribution in [0.15, 0.2) is 42.5 Å². The van der Waals surface area contributed by atoms with E-state index in [-0.39, 0.29) is 0 Å². The summed E-state index contributed by atoms with van der Waals surface area (Å²) >= 11 is 0. The van der Waals surface area contributed by atoms with Gasteiger partial charge in [0.2, 0.25) is 0 Å². The molecule has 0 spiro atoms. The van der Waals surface area contributed by atoms with Gasteiger partial charge in [-0.25, -0.2) is 4.79 Å². The van der Waals surface area contributed by atoms with Crippen molar-refractivity contribution in [2.75, 3.05) is 0 Å². The van der Waals surface area contributed by atoms with Gasteiger partial charge in [-0.2, -0.15) is 0 Å². The molecular weight excluding hydrogens is 252 g/mol. The predicted molar refractivity (Wildman–Crippen MR) is 79.3 cm³/mol. The average Bonchev–Trinajstić information content (AvgIpc) is 2.47. The van der Waals surface area contributed by atoms with Gasteiger partial charge in [-0.1, -0.05) is 44.2 Å². The van der Waals surface area contributed by atoms with Gasteiger partial charge >= 0.3 is 6.16 Å². The molecular formula is C17H18O3. The van der Waals surface area contributed by atoms with Crippen LogP contribution >= 0.6 is 0 Å². The molecule has 2 rings (SSSR count). The van der Waals surface area contributed by atoms with Crippen LogP contribution in [0.5, 0.6) is 5.75 Å². The molecule has 0 aromatic heterocycles. The van der Waals surface area contributed by atoms with Gasteiger partial charge in [0.1, 0.15) is 5.75 Å². The summed E-state index contributed by atoms with van der Waals surface area (Å²) in [5, 5.41) is 8.87. The number of carboxylic acid groups (broad SMARTS) is 1. The van der Waals surface area contributed by atoms with Crippen molar-refractivity contribution in [3.63, 3.8) is 0 Å². The van der Waals surface area contributed by atoms with Crippen LogP contribution in [-0.4, -0.2) is 11.3 Å². The summed E-state index contributed by atoms with van der Waals surface area (Å²) in [6, 6.07) is 13.6. The normalized spacial score (nSPS) is 10.3. The number of hydrogen-bond donors (Lipinski definition) is 1. The second-order valence-electron chi connectivity index (χ2n) is 4.56. The highest BCUT2D eigenvalue weighted by Crippen LogP contribution is 2.34. The fourth-order valence-electron chi connectivity index (χ4n) is 2.28. The van der Waals surface area contributed by atoms with E-state index in [4.69, 9.17) is 9.84 Å². The van der Waals surface area contributed by atoms with Crippen molar-refractivity contribution in [3.8, 4) is 16.9 Å². The third-order valence-corrected chi connectivity index (χ3v) is 3.34. The van der Waals surface area contributed by atoms with Gasteiger partial charge in [0, 0.05) is 5.56 Å². The van der Waals surface area contributed by atoms with E-state index in [1.807, 2.05) is 30.3 Å². The lowest BCUT2D eigenvalue weighted by Gasteiger charge is -2.13. The predicted octanol–water partition coefficient (Wildman–Crippen LogP) is 4.54. The Labute approximate surface area is 118 Å². The van der Waals surface area contributed by atoms with Crippen molar-refractivity contribution in [1.29, 1.82) is 0 Å². The van der Waals surface area contributed by atoms with Crippen molar-refractivity contribution in [2.45, 2.75) is 26.7 Å². The Balaban J connectivity index is 2.59. The first-order valence-electron chi connectivity index (χ1n) is 6.77. The Kier molecular flexibility index (Phi) is 4.41. The van der Waals surface area contributed by atoms with E-state index in [9.17, 15) is 4.79 Å². The molecule has 3 nitrogen and oxygen atoms in total. The zero-order valence-electron chi connectivity index (χ0n) is 11.7. The van der Waals surface area contributed by atoms with Crippen LogP contribution < -0.4 is 4.74 Å². The third-order valence-electron chi connectivity index (χ3n) is 3.34. The largest absolute Gasteiger partial charge is 0.511 e. The molecule has 0 fully saturated rings. The maximum atomic E-state index is 10.8. The highest BCUT2D eigenvalue weighted by Gasteiger charge is 2.13. The minimum absolute atomic E-state index is 0.385. The molecule has 0 aliphatic heterocycles. The molecule has 0 heterocycles. The Hall–Kier alpha value is -2.29. The monoisotopic (exact) mass is 270 g/mol. The molecule has 0 unspecified atom stereocenters. The molecule has 0 aliphatic rings. The highest BCUT2D eigenvalue weighted by molar-refractivity contribution is 5.77. The fraction of sp³-hybridized carbons (Fsp3) is 0.235. The van der Waals surface area contributed by atoms with Crippen LogP contribution in [0.2, 0.25) is 0 Å². The maximum Gasteiger partial charge on any atom is 0.511 e. The summed E-state index contributed by atoms with van der Waals surface area (Å²) in [6.07, 6.45) is 0.498. The van der Waals surface area contributed by atoms with Crippen molar-refractivity contribution in [1.82, 2.24) is 0 Å². The summed E-state index contributed by atoms with van der Waals surface area (Å²) in [5.41, 5.74) is 4.20. The molecule has 2 aromatic carbocycles. The van der Waals surface area contributed by atoms with E-state index in [2.05, 4.69) is 19.9 Å². The number of carbonyl (C=O) groups is 1. The van der Waals surface area contributed by atoms with Crippen molar-refractivity contribution >= 4 is 6.16 Å². The first-order chi connectivity index (χ1) is 9.65. The number of benzene rings is 2. The minimum Gasteiger partial charge on any atom is -0.449 e. The van der Waals surface area contributed by atoms with Gasteiger partial charge in [0.15, 0.2) is 0 Å². The van der Waals surface area contributed by atoms with E-state index in [0.717, 1.165) is 29.5 Å². The summed E-state index contributed by atoms with van der Waals surface area (Å²) in [4.78, 5) is 10.8. The third kappa shape index (κ3) is 2.99. The van der Waals surface area contributed by atoms with E-state index in [1.165, 1.54) is 5.56 Å². The molecule has 3 heteroatoms. The lowest BCUT2D eigenvalue weighted by Crippen LogP contribution is -2.05. The zero-order valence-corrected chi connectivity index (χ0v) is 11.7. The average molecular weight is 270 g/mol. The van der Waals surface area contributed by atoms with E-state index < -0.39 is 6.16 Å². The number of aryl methyl sites for hydroxylation is 2. The molecule has 104 valence electrons. The van der Waals surface area contributed by atoms with E-state index in [1.54, 1.807) is 6.07 Å². The first-order valence-corrected chi connectivity index (χ1v) is 6.77. The van der Waals surface area contributed by atoms with Crippen LogP contribution in [-0.2, 0) is 12.8 Å². The van der Waals surface area contributed by atoms with Crippen molar-refractivity contribution in [3.05, 3.63) is 53.6 Å². The smallest absolute Gasteiger partial charge is 0.449 e. The molecule has 0 aliphatic carbocycles. The summed E-state index contributed by atoms with van der Waals surface area (Å²) < 4.78 is 4.92. The molecule has 20 heavy (non-hydrogen) atoms. The van der Waals surface area contributed by atoms with Gasteiger partial charge in [0.05, 0.1) is 0 Å². The molecule has 0 bridgehead atoms. The van der Waals surface area contributed by atoms with Gasteiger partial charge in [-0.05, 0) is 41.7 Å². The van der Waals surface area contributed by atoms with Gasteiger partial charge in [-0.15, -0.1) is 0 Å². The second-order valence-corrected chi connectivity index (χ2v) is 4.56. The van der Waals surface area contributed by atoms with E-state index >= 15 is 0 Å². The molecule has 0 amide bonds. The molecule has 0 atom stereocenters. The number of rotatable bonds is 4. The van der Waals surface area contributed by atoms with E-state index in [0.29, 0.717) is 5.75 Å². The Morgan fingerprint density at radius 2 is 1.80 bits per heavy atom. The van der Waals surface area contributed by atoms with Crippen LogP contribution in [0.25, 0.3) is 11.1 Å². The Bertz CT molecular complexity index is 617. The summed E-state index contributed by atoms with van der Waals surface area (Å²) in [5.74, 6) is 0.385. The Morgan fingerprint density at radius 1 is 1.05 bits per heavy atom. The number of hydrogen-bond acceptors (Lipinski definition) is 2. The van der Waals surface area contributed by atoms with Crippen molar-refractivity contribution in [2.24, 2.45) is 0 Å². The molecule has 0 radical (unpaired) electrons. The molecule has 2 aromatic rings. The minimum atomic E-state index is -1.29. The SMILES string of the molecule is CCc1ccc(OC(=O)O)c(-c2ccccc2CC)c1. The Morgan fingerprint density at radius 3 is 2.45 bits per heavy atom. The maximum absolute atomic E-state index is 10.8. The lowest BCUT2D eigenvalue weighted by molar-refractivity contribution is 0.144. The van der Waals surface area contributed by atoms with Gasteiger partial charge in [0.25, 0.3) is 0 Å². The molecule has 1 N–H and O–H groups in total. The molecule has 0 saturated carbocycles. The quantitative estimate of drug-likeness (QED) is 0.655. The van der Waals surface area contributed by atoms with Gasteiger partial charge < -0.3 is 9.84 Å². The van der Waals surface area contributed by atoms with Gasteiger partial charge in [-0.3, -0.25) is 0 Å². The molecule has 0 saturated heterocycles. The van der Waals surface area contributed by atoms with Crippen LogP contribution in [0, 0.1) is 0 Å². The summed E-state index contributed by atoms with van der Waals surface area (Å²) in [6.45, 7) is 4.16. The summed E-state index contributed by atoms with van der Waals surface area (Å²) in [7, 11) is 0. The zero-order chi connectivity index (χ0) is 14.5. The number of ether oxygens (including phenoxy) is 1. The topological polar surface area (TPSA) is 46.5 Å². The van der Waals surface area contributed by atoms with Crippen LogP contribution in [0.4, 0.5) is 4.79 Å². The van der Waals surface area contributed by atoms with Crippen molar-refractivity contribution < 1.29 is 14.6 Å². The first kappa shape index (κ1) is 14.1. The standard InChI is InChI=1S/C17H18O3/c1-3-12-9-10-16(20-17(18)19)15(11-12)14-8-6-5-7-13(14)4-2/h5-11H,3-4H2,1-2H3,(H,18,19).